The highest BCUT2D eigenvalue weighted by Crippen LogP contribution is 2.30. The Hall–Kier alpha value is -3.80. The van der Waals surface area contributed by atoms with Crippen molar-refractivity contribution in [1.29, 1.82) is 0 Å². The van der Waals surface area contributed by atoms with E-state index >= 15 is 0 Å². The molecule has 1 aliphatic heterocycles. The molecule has 0 atom stereocenters. The monoisotopic (exact) mass is 468 g/mol. The number of fused-ring (bicyclic) bond motifs is 1. The summed E-state index contributed by atoms with van der Waals surface area (Å²) in [5, 5.41) is 8.87. The first kappa shape index (κ1) is 23.0. The van der Waals surface area contributed by atoms with Gasteiger partial charge in [-0.3, -0.25) is 4.79 Å². The fraction of sp³-hybridized carbons (Fsp3) is 0.310. The van der Waals surface area contributed by atoms with Gasteiger partial charge in [-0.05, 0) is 72.2 Å². The van der Waals surface area contributed by atoms with E-state index in [9.17, 15) is 9.59 Å². The van der Waals surface area contributed by atoms with Crippen LogP contribution in [0.1, 0.15) is 59.7 Å². The van der Waals surface area contributed by atoms with Crippen LogP contribution in [0, 0.1) is 0 Å². The summed E-state index contributed by atoms with van der Waals surface area (Å²) in [4.78, 5) is 28.1. The number of benzene rings is 3. The molecule has 35 heavy (non-hydrogen) atoms. The number of carbonyl (C=O) groups excluding carboxylic acids is 2. The second-order valence-corrected chi connectivity index (χ2v) is 9.78. The smallest absolute Gasteiger partial charge is 0.323 e. The Morgan fingerprint density at radius 3 is 2.29 bits per heavy atom. The molecule has 2 aliphatic rings. The van der Waals surface area contributed by atoms with E-state index < -0.39 is 0 Å². The summed E-state index contributed by atoms with van der Waals surface area (Å²) in [5.41, 5.74) is 6.67. The van der Waals surface area contributed by atoms with Crippen molar-refractivity contribution in [3.63, 3.8) is 0 Å². The summed E-state index contributed by atoms with van der Waals surface area (Å²) >= 11 is 0. The van der Waals surface area contributed by atoms with Crippen LogP contribution in [0.15, 0.2) is 66.7 Å². The summed E-state index contributed by atoms with van der Waals surface area (Å²) in [6.45, 7) is 5.89. The minimum Gasteiger partial charge on any atom is -0.366 e. The van der Waals surface area contributed by atoms with Crippen LogP contribution in [0.2, 0.25) is 0 Å². The number of hydrogen-bond donors (Lipinski definition) is 3. The molecule has 1 heterocycles. The Morgan fingerprint density at radius 1 is 0.886 bits per heavy atom. The molecule has 3 aromatic rings. The third-order valence-electron chi connectivity index (χ3n) is 6.72. The van der Waals surface area contributed by atoms with Gasteiger partial charge in [0.1, 0.15) is 0 Å². The average Bonchev–Trinajstić information content (AvgIpc) is 3.68. The number of rotatable bonds is 6. The zero-order valence-electron chi connectivity index (χ0n) is 20.3. The fourth-order valence-electron chi connectivity index (χ4n) is 4.51. The summed E-state index contributed by atoms with van der Waals surface area (Å²) in [7, 11) is 0. The average molecular weight is 469 g/mol. The zero-order chi connectivity index (χ0) is 24.4. The van der Waals surface area contributed by atoms with Gasteiger partial charge in [-0.1, -0.05) is 50.2 Å². The van der Waals surface area contributed by atoms with Crippen molar-refractivity contribution in [2.24, 2.45) is 0 Å². The van der Waals surface area contributed by atoms with Crippen molar-refractivity contribution < 1.29 is 9.59 Å². The molecule has 0 bridgehead atoms. The molecule has 1 fully saturated rings. The van der Waals surface area contributed by atoms with Crippen LogP contribution in [-0.2, 0) is 13.0 Å². The van der Waals surface area contributed by atoms with E-state index in [1.54, 1.807) is 6.07 Å². The van der Waals surface area contributed by atoms with E-state index in [2.05, 4.69) is 59.0 Å². The molecule has 0 radical (unpaired) electrons. The van der Waals surface area contributed by atoms with Gasteiger partial charge < -0.3 is 20.9 Å². The molecule has 3 aromatic carbocycles. The molecule has 180 valence electrons. The third-order valence-corrected chi connectivity index (χ3v) is 6.72. The largest absolute Gasteiger partial charge is 0.366 e. The zero-order valence-corrected chi connectivity index (χ0v) is 20.3. The number of nitrogens with zero attached hydrogens (tertiary/aromatic N) is 1. The van der Waals surface area contributed by atoms with E-state index in [0.29, 0.717) is 17.2 Å². The minimum absolute atomic E-state index is 0.0882. The number of amides is 3. The van der Waals surface area contributed by atoms with Gasteiger partial charge in [0.15, 0.2) is 0 Å². The van der Waals surface area contributed by atoms with Crippen LogP contribution in [0.5, 0.6) is 0 Å². The molecule has 3 N–H and O–H groups in total. The minimum atomic E-state index is -0.338. The molecule has 0 aromatic heterocycles. The highest BCUT2D eigenvalue weighted by atomic mass is 16.2. The molecule has 1 aliphatic carbocycles. The van der Waals surface area contributed by atoms with Crippen LogP contribution >= 0.6 is 0 Å². The molecular weight excluding hydrogens is 436 g/mol. The second-order valence-electron chi connectivity index (χ2n) is 9.78. The normalized spacial score (nSPS) is 14.9. The first-order chi connectivity index (χ1) is 17.0. The number of urea groups is 1. The fourth-order valence-corrected chi connectivity index (χ4v) is 4.51. The molecule has 0 saturated heterocycles. The number of carbonyl (C=O) groups is 2. The van der Waals surface area contributed by atoms with Crippen molar-refractivity contribution in [1.82, 2.24) is 5.32 Å². The SMILES string of the molecule is CC(C)c1ccc(NC(=O)Nc2ccc(N3CCc4ccccc4C3)c(C(=O)NC3CC3)c2)cc1. The lowest BCUT2D eigenvalue weighted by molar-refractivity contribution is 0.0951. The highest BCUT2D eigenvalue weighted by molar-refractivity contribution is 6.04. The summed E-state index contributed by atoms with van der Waals surface area (Å²) < 4.78 is 0. The van der Waals surface area contributed by atoms with Crippen molar-refractivity contribution in [3.8, 4) is 0 Å². The van der Waals surface area contributed by atoms with Crippen molar-refractivity contribution in [3.05, 3.63) is 89.0 Å². The summed E-state index contributed by atoms with van der Waals surface area (Å²) in [5.74, 6) is 0.347. The van der Waals surface area contributed by atoms with Crippen molar-refractivity contribution in [2.45, 2.75) is 51.6 Å². The Labute approximate surface area is 206 Å². The molecule has 6 nitrogen and oxygen atoms in total. The second kappa shape index (κ2) is 9.82. The molecule has 6 heteroatoms. The first-order valence-electron chi connectivity index (χ1n) is 12.4. The van der Waals surface area contributed by atoms with Crippen LogP contribution in [-0.4, -0.2) is 24.5 Å². The lowest BCUT2D eigenvalue weighted by atomic mass is 9.98. The Balaban J connectivity index is 1.34. The van der Waals surface area contributed by atoms with Gasteiger partial charge in [-0.15, -0.1) is 0 Å². The lowest BCUT2D eigenvalue weighted by Gasteiger charge is -2.32. The highest BCUT2D eigenvalue weighted by Gasteiger charge is 2.27. The van der Waals surface area contributed by atoms with Crippen molar-refractivity contribution in [2.75, 3.05) is 22.1 Å². The third kappa shape index (κ3) is 5.48. The maximum Gasteiger partial charge on any atom is 0.323 e. The van der Waals surface area contributed by atoms with E-state index in [1.165, 1.54) is 16.7 Å². The number of nitrogens with one attached hydrogen (secondary N) is 3. The van der Waals surface area contributed by atoms with Gasteiger partial charge in [-0.2, -0.15) is 0 Å². The number of anilines is 3. The van der Waals surface area contributed by atoms with Crippen LogP contribution in [0.25, 0.3) is 0 Å². The van der Waals surface area contributed by atoms with E-state index in [0.717, 1.165) is 43.7 Å². The van der Waals surface area contributed by atoms with Gasteiger partial charge >= 0.3 is 6.03 Å². The molecule has 3 amide bonds. The van der Waals surface area contributed by atoms with E-state index in [1.807, 2.05) is 36.4 Å². The maximum atomic E-state index is 13.2. The van der Waals surface area contributed by atoms with Gasteiger partial charge in [0.2, 0.25) is 0 Å². The van der Waals surface area contributed by atoms with E-state index in [4.69, 9.17) is 0 Å². The molecule has 5 rings (SSSR count). The molecule has 0 unspecified atom stereocenters. The first-order valence-corrected chi connectivity index (χ1v) is 12.4. The summed E-state index contributed by atoms with van der Waals surface area (Å²) in [6, 6.07) is 21.8. The summed E-state index contributed by atoms with van der Waals surface area (Å²) in [6.07, 6.45) is 2.99. The van der Waals surface area contributed by atoms with Crippen LogP contribution < -0.4 is 20.9 Å². The van der Waals surface area contributed by atoms with Crippen molar-refractivity contribution >= 4 is 29.0 Å². The van der Waals surface area contributed by atoms with Crippen LogP contribution in [0.4, 0.5) is 21.9 Å². The van der Waals surface area contributed by atoms with Gasteiger partial charge in [0.25, 0.3) is 5.91 Å². The van der Waals surface area contributed by atoms with Gasteiger partial charge in [0, 0.05) is 36.2 Å². The molecule has 0 spiro atoms. The number of hydrogen-bond acceptors (Lipinski definition) is 3. The molecular formula is C29H32N4O2. The van der Waals surface area contributed by atoms with Crippen LogP contribution in [0.3, 0.4) is 0 Å². The predicted molar refractivity (Wildman–Crippen MR) is 141 cm³/mol. The Kier molecular flexibility index (Phi) is 6.45. The topological polar surface area (TPSA) is 73.5 Å². The Bertz CT molecular complexity index is 1230. The molecule has 1 saturated carbocycles. The quantitative estimate of drug-likeness (QED) is 0.421. The van der Waals surface area contributed by atoms with Gasteiger partial charge in [0.05, 0.1) is 5.56 Å². The predicted octanol–water partition coefficient (Wildman–Crippen LogP) is 5.91. The lowest BCUT2D eigenvalue weighted by Crippen LogP contribution is -2.33. The standard InChI is InChI=1S/C29H32N4O2/c1-19(2)20-7-9-24(10-8-20)31-29(35)32-25-13-14-27(26(17-25)28(34)30-23-11-12-23)33-16-15-21-5-3-4-6-22(21)18-33/h3-10,13-14,17,19,23H,11-12,15-16,18H2,1-2H3,(H,30,34)(H2,31,32,35). The Morgan fingerprint density at radius 2 is 1.57 bits per heavy atom. The maximum absolute atomic E-state index is 13.2. The van der Waals surface area contributed by atoms with Gasteiger partial charge in [-0.25, -0.2) is 4.79 Å². The van der Waals surface area contributed by atoms with E-state index in [-0.39, 0.29) is 18.0 Å².